The smallest absolute Gasteiger partial charge is 0.107 e. The molecule has 1 aromatic carbocycles. The van der Waals surface area contributed by atoms with Gasteiger partial charge in [0.2, 0.25) is 0 Å². The highest BCUT2D eigenvalue weighted by molar-refractivity contribution is 7.11. The average molecular weight is 272 g/mol. The van der Waals surface area contributed by atoms with Crippen LogP contribution in [-0.4, -0.2) is 4.98 Å². The van der Waals surface area contributed by atoms with Gasteiger partial charge in [-0.05, 0) is 38.2 Å². The Hall–Kier alpha value is -1.19. The highest BCUT2D eigenvalue weighted by Gasteiger charge is 2.14. The number of hydrogen-bond acceptors (Lipinski definition) is 3. The SMILES string of the molecule is Cc1cccc(CNCc2nc3c(s2)CCCC3)c1. The second kappa shape index (κ2) is 5.85. The van der Waals surface area contributed by atoms with Crippen LogP contribution in [0, 0.1) is 6.92 Å². The molecule has 1 aromatic heterocycles. The van der Waals surface area contributed by atoms with Gasteiger partial charge in [0.25, 0.3) is 0 Å². The first-order valence-corrected chi connectivity index (χ1v) is 7.86. The second-order valence-electron chi connectivity index (χ2n) is 5.28. The van der Waals surface area contributed by atoms with E-state index in [-0.39, 0.29) is 0 Å². The number of nitrogens with zero attached hydrogens (tertiary/aromatic N) is 1. The van der Waals surface area contributed by atoms with E-state index in [2.05, 4.69) is 36.5 Å². The molecule has 3 heteroatoms. The summed E-state index contributed by atoms with van der Waals surface area (Å²) in [6.07, 6.45) is 5.08. The van der Waals surface area contributed by atoms with Crippen molar-refractivity contribution >= 4 is 11.3 Å². The van der Waals surface area contributed by atoms with Gasteiger partial charge in [-0.3, -0.25) is 0 Å². The van der Waals surface area contributed by atoms with Crippen molar-refractivity contribution in [3.63, 3.8) is 0 Å². The van der Waals surface area contributed by atoms with Crippen LogP contribution in [0.25, 0.3) is 0 Å². The molecule has 0 spiro atoms. The molecule has 0 amide bonds. The fourth-order valence-electron chi connectivity index (χ4n) is 2.62. The van der Waals surface area contributed by atoms with Gasteiger partial charge >= 0.3 is 0 Å². The van der Waals surface area contributed by atoms with Crippen LogP contribution in [0.4, 0.5) is 0 Å². The molecule has 1 aliphatic carbocycles. The second-order valence-corrected chi connectivity index (χ2v) is 6.45. The molecule has 0 radical (unpaired) electrons. The molecule has 100 valence electrons. The molecule has 2 aromatic rings. The third kappa shape index (κ3) is 3.23. The normalized spacial score (nSPS) is 14.4. The van der Waals surface area contributed by atoms with Gasteiger partial charge in [-0.2, -0.15) is 0 Å². The van der Waals surface area contributed by atoms with Gasteiger partial charge in [0.15, 0.2) is 0 Å². The zero-order valence-corrected chi connectivity index (χ0v) is 12.2. The van der Waals surface area contributed by atoms with Crippen molar-refractivity contribution in [1.29, 1.82) is 0 Å². The van der Waals surface area contributed by atoms with Crippen LogP contribution in [0.3, 0.4) is 0 Å². The Morgan fingerprint density at radius 3 is 2.95 bits per heavy atom. The number of fused-ring (bicyclic) bond motifs is 1. The van der Waals surface area contributed by atoms with Crippen LogP contribution in [0.5, 0.6) is 0 Å². The molecule has 0 saturated carbocycles. The van der Waals surface area contributed by atoms with E-state index >= 15 is 0 Å². The summed E-state index contributed by atoms with van der Waals surface area (Å²) in [5.74, 6) is 0. The molecule has 1 aliphatic rings. The largest absolute Gasteiger partial charge is 0.306 e. The molecular weight excluding hydrogens is 252 g/mol. The molecule has 2 nitrogen and oxygen atoms in total. The van der Waals surface area contributed by atoms with E-state index in [0.29, 0.717) is 0 Å². The summed E-state index contributed by atoms with van der Waals surface area (Å²) in [7, 11) is 0. The fraction of sp³-hybridized carbons (Fsp3) is 0.438. The van der Waals surface area contributed by atoms with Crippen molar-refractivity contribution in [2.75, 3.05) is 0 Å². The Bertz CT molecular complexity index is 536. The van der Waals surface area contributed by atoms with Gasteiger partial charge in [-0.1, -0.05) is 29.8 Å². The topological polar surface area (TPSA) is 24.9 Å². The lowest BCUT2D eigenvalue weighted by molar-refractivity contribution is 0.667. The summed E-state index contributed by atoms with van der Waals surface area (Å²) in [5.41, 5.74) is 4.04. The molecule has 19 heavy (non-hydrogen) atoms. The number of thiazole rings is 1. The lowest BCUT2D eigenvalue weighted by Gasteiger charge is -2.06. The van der Waals surface area contributed by atoms with E-state index < -0.39 is 0 Å². The fourth-order valence-corrected chi connectivity index (χ4v) is 3.74. The summed E-state index contributed by atoms with van der Waals surface area (Å²) < 4.78 is 0. The summed E-state index contributed by atoms with van der Waals surface area (Å²) in [4.78, 5) is 6.28. The standard InChI is InChI=1S/C16H20N2S/c1-12-5-4-6-13(9-12)10-17-11-16-18-14-7-2-3-8-15(14)19-16/h4-6,9,17H,2-3,7-8,10-11H2,1H3. The number of nitrogens with one attached hydrogen (secondary N) is 1. The minimum atomic E-state index is 0.894. The Labute approximate surface area is 118 Å². The maximum Gasteiger partial charge on any atom is 0.107 e. The van der Waals surface area contributed by atoms with Gasteiger partial charge < -0.3 is 5.32 Å². The number of rotatable bonds is 4. The number of aromatic nitrogens is 1. The van der Waals surface area contributed by atoms with Crippen molar-refractivity contribution < 1.29 is 0 Å². The van der Waals surface area contributed by atoms with Crippen LogP contribution in [0.15, 0.2) is 24.3 Å². The highest BCUT2D eigenvalue weighted by Crippen LogP contribution is 2.26. The summed E-state index contributed by atoms with van der Waals surface area (Å²) >= 11 is 1.90. The molecule has 0 fully saturated rings. The lowest BCUT2D eigenvalue weighted by Crippen LogP contribution is -2.12. The van der Waals surface area contributed by atoms with E-state index in [9.17, 15) is 0 Å². The zero-order chi connectivity index (χ0) is 13.1. The van der Waals surface area contributed by atoms with Gasteiger partial charge in [0, 0.05) is 18.0 Å². The molecule has 0 unspecified atom stereocenters. The van der Waals surface area contributed by atoms with Crippen LogP contribution in [0.2, 0.25) is 0 Å². The lowest BCUT2D eigenvalue weighted by atomic mass is 10.0. The quantitative estimate of drug-likeness (QED) is 0.919. The maximum absolute atomic E-state index is 4.76. The Kier molecular flexibility index (Phi) is 3.95. The van der Waals surface area contributed by atoms with E-state index in [1.165, 1.54) is 52.4 Å². The molecular formula is C16H20N2S. The van der Waals surface area contributed by atoms with E-state index in [1.54, 1.807) is 0 Å². The minimum absolute atomic E-state index is 0.894. The molecule has 0 atom stereocenters. The van der Waals surface area contributed by atoms with Crippen LogP contribution in [0.1, 0.15) is 39.5 Å². The highest BCUT2D eigenvalue weighted by atomic mass is 32.1. The van der Waals surface area contributed by atoms with E-state index in [1.807, 2.05) is 11.3 Å². The summed E-state index contributed by atoms with van der Waals surface area (Å²) in [5, 5.41) is 4.75. The van der Waals surface area contributed by atoms with Crippen molar-refractivity contribution in [2.45, 2.75) is 45.7 Å². The zero-order valence-electron chi connectivity index (χ0n) is 11.4. The number of aryl methyl sites for hydroxylation is 3. The predicted molar refractivity (Wildman–Crippen MR) is 80.5 cm³/mol. The van der Waals surface area contributed by atoms with E-state index in [4.69, 9.17) is 4.98 Å². The first-order valence-electron chi connectivity index (χ1n) is 7.05. The Morgan fingerprint density at radius 2 is 2.11 bits per heavy atom. The van der Waals surface area contributed by atoms with Gasteiger partial charge in [0.05, 0.1) is 5.69 Å². The first kappa shape index (κ1) is 12.8. The Balaban J connectivity index is 1.56. The predicted octanol–water partition coefficient (Wildman–Crippen LogP) is 3.62. The minimum Gasteiger partial charge on any atom is -0.306 e. The van der Waals surface area contributed by atoms with Crippen molar-refractivity contribution in [3.8, 4) is 0 Å². The van der Waals surface area contributed by atoms with Gasteiger partial charge in [0.1, 0.15) is 5.01 Å². The third-order valence-electron chi connectivity index (χ3n) is 3.58. The van der Waals surface area contributed by atoms with Crippen LogP contribution in [-0.2, 0) is 25.9 Å². The Morgan fingerprint density at radius 1 is 1.21 bits per heavy atom. The molecule has 3 rings (SSSR count). The van der Waals surface area contributed by atoms with Crippen LogP contribution < -0.4 is 5.32 Å². The summed E-state index contributed by atoms with van der Waals surface area (Å²) in [6.45, 7) is 3.95. The van der Waals surface area contributed by atoms with Gasteiger partial charge in [-0.25, -0.2) is 4.98 Å². The average Bonchev–Trinajstić information content (AvgIpc) is 2.81. The monoisotopic (exact) mass is 272 g/mol. The molecule has 0 bridgehead atoms. The van der Waals surface area contributed by atoms with E-state index in [0.717, 1.165) is 13.1 Å². The maximum atomic E-state index is 4.76. The third-order valence-corrected chi connectivity index (χ3v) is 4.74. The molecule has 0 saturated heterocycles. The summed E-state index contributed by atoms with van der Waals surface area (Å²) in [6, 6.07) is 8.67. The number of benzene rings is 1. The first-order chi connectivity index (χ1) is 9.31. The molecule has 0 aliphatic heterocycles. The van der Waals surface area contributed by atoms with Crippen LogP contribution >= 0.6 is 11.3 Å². The van der Waals surface area contributed by atoms with Crippen molar-refractivity contribution in [2.24, 2.45) is 0 Å². The van der Waals surface area contributed by atoms with Crippen molar-refractivity contribution in [3.05, 3.63) is 51.0 Å². The van der Waals surface area contributed by atoms with Crippen molar-refractivity contribution in [1.82, 2.24) is 10.3 Å². The van der Waals surface area contributed by atoms with Gasteiger partial charge in [-0.15, -0.1) is 11.3 Å². The molecule has 1 N–H and O–H groups in total. The molecule has 1 heterocycles. The number of hydrogen-bond donors (Lipinski definition) is 1.